The molecule has 0 radical (unpaired) electrons. The maximum atomic E-state index is 13.3. The summed E-state index contributed by atoms with van der Waals surface area (Å²) in [4.78, 5) is 32.1. The number of benzene rings is 3. The first-order valence-corrected chi connectivity index (χ1v) is 12.1. The second-order valence-electron chi connectivity index (χ2n) is 7.55. The van der Waals surface area contributed by atoms with E-state index in [9.17, 15) is 18.0 Å². The summed E-state index contributed by atoms with van der Waals surface area (Å²) in [7, 11) is -3.91. The highest BCUT2D eigenvalue weighted by Crippen LogP contribution is 2.25. The van der Waals surface area contributed by atoms with Gasteiger partial charge < -0.3 is 9.72 Å². The Morgan fingerprint density at radius 1 is 1.03 bits per heavy atom. The van der Waals surface area contributed by atoms with Crippen LogP contribution in [0.5, 0.6) is 0 Å². The highest BCUT2D eigenvalue weighted by atomic mass is 32.2. The van der Waals surface area contributed by atoms with Gasteiger partial charge in [-0.1, -0.05) is 36.4 Å². The van der Waals surface area contributed by atoms with Gasteiger partial charge >= 0.3 is 5.97 Å². The van der Waals surface area contributed by atoms with Gasteiger partial charge in [-0.2, -0.15) is 0 Å². The predicted octanol–water partition coefficient (Wildman–Crippen LogP) is 4.06. The molecule has 4 aromatic rings. The molecule has 1 atom stereocenters. The van der Waals surface area contributed by atoms with Crippen LogP contribution in [0, 0.1) is 0 Å². The summed E-state index contributed by atoms with van der Waals surface area (Å²) in [5.74, 6) is -0.537. The van der Waals surface area contributed by atoms with Gasteiger partial charge in [0.1, 0.15) is 0 Å². The molecule has 0 aliphatic heterocycles. The molecule has 0 amide bonds. The van der Waals surface area contributed by atoms with E-state index in [-0.39, 0.29) is 28.4 Å². The van der Waals surface area contributed by atoms with E-state index in [4.69, 9.17) is 4.74 Å². The Balaban J connectivity index is 1.59. The fraction of sp³-hybridized carbons (Fsp3) is 0.160. The molecule has 1 aromatic heterocycles. The third-order valence-electron chi connectivity index (χ3n) is 5.29. The molecule has 0 fully saturated rings. The summed E-state index contributed by atoms with van der Waals surface area (Å²) in [5, 5.41) is 0.432. The molecule has 0 bridgehead atoms. The number of carbonyl (C=O) groups is 1. The van der Waals surface area contributed by atoms with Gasteiger partial charge in [0.05, 0.1) is 27.0 Å². The Labute approximate surface area is 196 Å². The van der Waals surface area contributed by atoms with Gasteiger partial charge in [0.2, 0.25) is 0 Å². The zero-order chi connectivity index (χ0) is 24.3. The highest BCUT2D eigenvalue weighted by molar-refractivity contribution is 7.92. The van der Waals surface area contributed by atoms with Crippen LogP contribution in [0.3, 0.4) is 0 Å². The molecular formula is C25H23N3O5S. The van der Waals surface area contributed by atoms with Crippen molar-refractivity contribution in [3.05, 3.63) is 101 Å². The summed E-state index contributed by atoms with van der Waals surface area (Å²) in [6.45, 7) is 3.54. The number of fused-ring (bicyclic) bond motifs is 1. The number of aromatic amines is 1. The van der Waals surface area contributed by atoms with E-state index in [1.807, 2.05) is 0 Å². The Morgan fingerprint density at radius 3 is 2.47 bits per heavy atom. The molecule has 0 saturated heterocycles. The molecule has 3 aromatic carbocycles. The number of rotatable bonds is 7. The Hall–Kier alpha value is -3.98. The number of sulfonamides is 1. The van der Waals surface area contributed by atoms with E-state index in [0.717, 1.165) is 0 Å². The minimum Gasteiger partial charge on any atom is -0.451 e. The van der Waals surface area contributed by atoms with Gasteiger partial charge in [-0.25, -0.2) is 18.2 Å². The molecule has 34 heavy (non-hydrogen) atoms. The smallest absolute Gasteiger partial charge is 0.338 e. The lowest BCUT2D eigenvalue weighted by atomic mass is 10.2. The van der Waals surface area contributed by atoms with Crippen LogP contribution < -0.4 is 9.86 Å². The van der Waals surface area contributed by atoms with Crippen LogP contribution in [-0.4, -0.2) is 30.9 Å². The fourth-order valence-corrected chi connectivity index (χ4v) is 5.10. The van der Waals surface area contributed by atoms with Crippen LogP contribution in [0.15, 0.2) is 88.6 Å². The minimum atomic E-state index is -3.91. The number of anilines is 1. The third-order valence-corrected chi connectivity index (χ3v) is 7.19. The van der Waals surface area contributed by atoms with Crippen molar-refractivity contribution >= 4 is 32.6 Å². The SMILES string of the molecule is CCN(c1ccccc1)S(=O)(=O)c1cccc(C(=O)OC(C)c2nc3ccccc3c(=O)[nH]2)c1. The van der Waals surface area contributed by atoms with Crippen LogP contribution in [0.1, 0.15) is 36.1 Å². The molecule has 0 spiro atoms. The van der Waals surface area contributed by atoms with Crippen molar-refractivity contribution in [2.24, 2.45) is 0 Å². The number of aromatic nitrogens is 2. The summed E-state index contributed by atoms with van der Waals surface area (Å²) in [5.41, 5.74) is 0.744. The van der Waals surface area contributed by atoms with E-state index >= 15 is 0 Å². The number of nitrogens with one attached hydrogen (secondary N) is 1. The molecule has 174 valence electrons. The van der Waals surface area contributed by atoms with Crippen molar-refractivity contribution in [2.75, 3.05) is 10.8 Å². The monoisotopic (exact) mass is 477 g/mol. The molecule has 1 unspecified atom stereocenters. The minimum absolute atomic E-state index is 0.0301. The van der Waals surface area contributed by atoms with Gasteiger partial charge in [0, 0.05) is 6.54 Å². The maximum Gasteiger partial charge on any atom is 0.338 e. The zero-order valence-electron chi connectivity index (χ0n) is 18.6. The average Bonchev–Trinajstić information content (AvgIpc) is 2.85. The fourth-order valence-electron chi connectivity index (χ4n) is 3.58. The van der Waals surface area contributed by atoms with Crippen LogP contribution in [0.4, 0.5) is 5.69 Å². The van der Waals surface area contributed by atoms with Crippen LogP contribution in [0.25, 0.3) is 10.9 Å². The van der Waals surface area contributed by atoms with Crippen molar-refractivity contribution in [3.8, 4) is 0 Å². The van der Waals surface area contributed by atoms with Gasteiger partial charge in [0.25, 0.3) is 15.6 Å². The van der Waals surface area contributed by atoms with Crippen molar-refractivity contribution in [2.45, 2.75) is 24.8 Å². The van der Waals surface area contributed by atoms with E-state index in [0.29, 0.717) is 16.6 Å². The first kappa shape index (κ1) is 23.2. The highest BCUT2D eigenvalue weighted by Gasteiger charge is 2.25. The third kappa shape index (κ3) is 4.55. The lowest BCUT2D eigenvalue weighted by Gasteiger charge is -2.23. The number of hydrogen-bond acceptors (Lipinski definition) is 6. The van der Waals surface area contributed by atoms with E-state index in [1.165, 1.54) is 28.6 Å². The molecular weight excluding hydrogens is 454 g/mol. The van der Waals surface area contributed by atoms with Gasteiger partial charge in [-0.05, 0) is 56.3 Å². The summed E-state index contributed by atoms with van der Waals surface area (Å²) < 4.78 is 33.3. The lowest BCUT2D eigenvalue weighted by molar-refractivity contribution is 0.0319. The molecule has 0 aliphatic carbocycles. The molecule has 1 N–H and O–H groups in total. The van der Waals surface area contributed by atoms with Gasteiger partial charge in [0.15, 0.2) is 11.9 Å². The Morgan fingerprint density at radius 2 is 1.74 bits per heavy atom. The Bertz CT molecular complexity index is 1500. The number of carbonyl (C=O) groups excluding carboxylic acids is 1. The molecule has 8 nitrogen and oxygen atoms in total. The van der Waals surface area contributed by atoms with Crippen molar-refractivity contribution in [1.82, 2.24) is 9.97 Å². The number of esters is 1. The first-order valence-electron chi connectivity index (χ1n) is 10.7. The molecule has 4 rings (SSSR count). The molecule has 9 heteroatoms. The number of H-pyrrole nitrogens is 1. The Kier molecular flexibility index (Phi) is 6.47. The number of nitrogens with zero attached hydrogens (tertiary/aromatic N) is 2. The number of hydrogen-bond donors (Lipinski definition) is 1. The zero-order valence-corrected chi connectivity index (χ0v) is 19.5. The molecule has 0 saturated carbocycles. The second-order valence-corrected chi connectivity index (χ2v) is 9.41. The van der Waals surface area contributed by atoms with Gasteiger partial charge in [-0.3, -0.25) is 9.10 Å². The largest absolute Gasteiger partial charge is 0.451 e. The molecule has 0 aliphatic rings. The summed E-state index contributed by atoms with van der Waals surface area (Å²) in [6.07, 6.45) is -0.860. The predicted molar refractivity (Wildman–Crippen MR) is 129 cm³/mol. The van der Waals surface area contributed by atoms with Crippen molar-refractivity contribution in [1.29, 1.82) is 0 Å². The standard InChI is InChI=1S/C25H23N3O5S/c1-3-28(19-11-5-4-6-12-19)34(31,32)20-13-9-10-18(16-20)25(30)33-17(2)23-26-22-15-8-7-14-21(22)24(29)27-23/h4-17H,3H2,1-2H3,(H,26,27,29). The van der Waals surface area contributed by atoms with E-state index < -0.39 is 22.1 Å². The van der Waals surface area contributed by atoms with Crippen molar-refractivity contribution in [3.63, 3.8) is 0 Å². The topological polar surface area (TPSA) is 109 Å². The quantitative estimate of drug-likeness (QED) is 0.402. The van der Waals surface area contributed by atoms with Crippen LogP contribution >= 0.6 is 0 Å². The average molecular weight is 478 g/mol. The number of ether oxygens (including phenoxy) is 1. The lowest BCUT2D eigenvalue weighted by Crippen LogP contribution is -2.30. The van der Waals surface area contributed by atoms with Crippen LogP contribution in [-0.2, 0) is 14.8 Å². The summed E-state index contributed by atoms with van der Waals surface area (Å²) in [6, 6.07) is 21.3. The summed E-state index contributed by atoms with van der Waals surface area (Å²) >= 11 is 0. The second kappa shape index (κ2) is 9.48. The van der Waals surface area contributed by atoms with Crippen molar-refractivity contribution < 1.29 is 17.9 Å². The number of para-hydroxylation sites is 2. The van der Waals surface area contributed by atoms with Gasteiger partial charge in [-0.15, -0.1) is 0 Å². The van der Waals surface area contributed by atoms with E-state index in [1.54, 1.807) is 68.4 Å². The molecule has 1 heterocycles. The first-order chi connectivity index (χ1) is 16.3. The maximum absolute atomic E-state index is 13.3. The van der Waals surface area contributed by atoms with Crippen LogP contribution in [0.2, 0.25) is 0 Å². The van der Waals surface area contributed by atoms with E-state index in [2.05, 4.69) is 9.97 Å². The normalized spacial score (nSPS) is 12.3.